The predicted molar refractivity (Wildman–Crippen MR) is 201 cm³/mol. The molecule has 0 bridgehead atoms. The van der Waals surface area contributed by atoms with Gasteiger partial charge in [0.2, 0.25) is 0 Å². The van der Waals surface area contributed by atoms with Crippen molar-refractivity contribution in [2.24, 2.45) is 0 Å². The van der Waals surface area contributed by atoms with Crippen molar-refractivity contribution in [1.29, 1.82) is 0 Å². The van der Waals surface area contributed by atoms with Gasteiger partial charge in [0.05, 0.1) is 8.07 Å². The first-order valence-corrected chi connectivity index (χ1v) is 19.6. The Hall–Kier alpha value is -4.25. The van der Waals surface area contributed by atoms with E-state index in [1.807, 2.05) is 36.5 Å². The van der Waals surface area contributed by atoms with E-state index in [1.54, 1.807) is 29.7 Å². The van der Waals surface area contributed by atoms with Crippen LogP contribution in [0.5, 0.6) is 0 Å². The van der Waals surface area contributed by atoms with Gasteiger partial charge in [-0.1, -0.05) is 121 Å². The van der Waals surface area contributed by atoms with Crippen LogP contribution in [0.25, 0.3) is 64.6 Å². The Morgan fingerprint density at radius 1 is 0.660 bits per heavy atom. The summed E-state index contributed by atoms with van der Waals surface area (Å²) in [6.45, 7) is 4.87. The van der Waals surface area contributed by atoms with Crippen molar-refractivity contribution in [3.63, 3.8) is 0 Å². The number of pyridine rings is 2. The van der Waals surface area contributed by atoms with E-state index >= 15 is 0 Å². The standard InChI is InChI=1S/C24H16NS.C18H18NSi.Ir/c1-16-12-13-25-22(14-16)21-9-5-8-20-19-11-10-18(15-23(19)26-24(20)21)17-6-3-2-4-7-17;1-20(2,3)15-11-12-18(19-13-15)17-10-6-8-14-7-4-5-9-16(14)17;/h2-8,10-15H,1H3;4-9,11-13H,1-3H3;/q2*-1;/i1D3;;. The molecule has 0 saturated carbocycles. The van der Waals surface area contributed by atoms with Crippen LogP contribution >= 0.6 is 11.3 Å². The maximum atomic E-state index is 7.69. The van der Waals surface area contributed by atoms with Gasteiger partial charge in [-0.05, 0) is 56.8 Å². The smallest absolute Gasteiger partial charge is 0.0795 e. The van der Waals surface area contributed by atoms with Gasteiger partial charge in [-0.2, -0.15) is 11.3 Å². The molecule has 0 amide bonds. The number of thiophene rings is 1. The second-order valence-electron chi connectivity index (χ2n) is 12.3. The first-order valence-electron chi connectivity index (χ1n) is 16.8. The topological polar surface area (TPSA) is 25.8 Å². The van der Waals surface area contributed by atoms with E-state index in [0.29, 0.717) is 11.3 Å². The number of hydrogen-bond donors (Lipinski definition) is 0. The molecule has 3 heterocycles. The molecule has 233 valence electrons. The van der Waals surface area contributed by atoms with Gasteiger partial charge in [-0.25, -0.2) is 0 Å². The molecule has 0 aliphatic rings. The quantitative estimate of drug-likeness (QED) is 0.131. The van der Waals surface area contributed by atoms with Crippen molar-refractivity contribution in [2.45, 2.75) is 26.5 Å². The van der Waals surface area contributed by atoms with Gasteiger partial charge >= 0.3 is 0 Å². The van der Waals surface area contributed by atoms with Crippen molar-refractivity contribution in [3.05, 3.63) is 151 Å². The average Bonchev–Trinajstić information content (AvgIpc) is 3.50. The third-order valence-corrected chi connectivity index (χ3v) is 11.4. The summed E-state index contributed by atoms with van der Waals surface area (Å²) in [7, 11) is -1.28. The second-order valence-corrected chi connectivity index (χ2v) is 18.5. The van der Waals surface area contributed by atoms with E-state index in [1.165, 1.54) is 37.2 Å². The van der Waals surface area contributed by atoms with E-state index < -0.39 is 14.9 Å². The zero-order chi connectivity index (χ0) is 34.2. The number of aryl methyl sites for hydroxylation is 1. The molecule has 5 aromatic carbocycles. The molecular formula is C42H34IrN2SSi-2. The molecule has 1 radical (unpaired) electrons. The summed E-state index contributed by atoms with van der Waals surface area (Å²) in [6, 6.07) is 47.4. The van der Waals surface area contributed by atoms with Gasteiger partial charge in [-0.3, -0.25) is 0 Å². The number of hydrogen-bond acceptors (Lipinski definition) is 3. The molecule has 2 nitrogen and oxygen atoms in total. The Morgan fingerprint density at radius 3 is 2.23 bits per heavy atom. The number of benzene rings is 5. The summed E-state index contributed by atoms with van der Waals surface area (Å²) in [5.74, 6) is 0. The number of fused-ring (bicyclic) bond motifs is 4. The van der Waals surface area contributed by atoms with Crippen LogP contribution in [0.3, 0.4) is 0 Å². The van der Waals surface area contributed by atoms with Gasteiger partial charge in [0.1, 0.15) is 0 Å². The monoisotopic (exact) mass is 822 g/mol. The van der Waals surface area contributed by atoms with Crippen LogP contribution in [0.2, 0.25) is 19.6 Å². The Labute approximate surface area is 299 Å². The van der Waals surface area contributed by atoms with Crippen LogP contribution in [-0.4, -0.2) is 18.0 Å². The molecule has 3 aromatic heterocycles. The Balaban J connectivity index is 0.000000181. The predicted octanol–water partition coefficient (Wildman–Crippen LogP) is 11.1. The Bertz CT molecular complexity index is 2410. The zero-order valence-corrected chi connectivity index (χ0v) is 30.5. The normalized spacial score (nSPS) is 12.4. The van der Waals surface area contributed by atoms with Crippen molar-refractivity contribution >= 4 is 55.5 Å². The van der Waals surface area contributed by atoms with Gasteiger partial charge < -0.3 is 9.97 Å². The summed E-state index contributed by atoms with van der Waals surface area (Å²) in [4.78, 5) is 9.10. The summed E-state index contributed by atoms with van der Waals surface area (Å²) in [5, 5.41) is 6.16. The van der Waals surface area contributed by atoms with E-state index in [4.69, 9.17) is 4.11 Å². The molecule has 0 aliphatic carbocycles. The van der Waals surface area contributed by atoms with E-state index in [9.17, 15) is 0 Å². The van der Waals surface area contributed by atoms with E-state index in [-0.39, 0.29) is 20.1 Å². The van der Waals surface area contributed by atoms with E-state index in [2.05, 4.69) is 121 Å². The van der Waals surface area contributed by atoms with Crippen LogP contribution in [0.1, 0.15) is 9.68 Å². The fourth-order valence-electron chi connectivity index (χ4n) is 5.67. The first kappa shape index (κ1) is 28.9. The first-order chi connectivity index (χ1) is 23.6. The molecule has 0 fully saturated rings. The number of rotatable bonds is 4. The number of aromatic nitrogens is 2. The SMILES string of the molecule is C[Si](C)(C)c1ccc(-c2[c-]ccc3ccccc23)nc1.[2H]C([2H])([2H])c1ccnc(-c2[c-]ccc3c2sc2cc(-c4ccccc4)ccc23)c1.[Ir]. The molecule has 0 N–H and O–H groups in total. The second kappa shape index (κ2) is 13.8. The van der Waals surface area contributed by atoms with Crippen molar-refractivity contribution in [2.75, 3.05) is 0 Å². The van der Waals surface area contributed by atoms with Gasteiger partial charge in [0.15, 0.2) is 0 Å². The zero-order valence-electron chi connectivity index (χ0n) is 29.3. The molecule has 0 aliphatic heterocycles. The molecular weight excluding hydrogens is 785 g/mol. The van der Waals surface area contributed by atoms with E-state index in [0.717, 1.165) is 26.9 Å². The van der Waals surface area contributed by atoms with Crippen LogP contribution in [0, 0.1) is 19.0 Å². The molecule has 8 aromatic rings. The van der Waals surface area contributed by atoms with Gasteiger partial charge in [0, 0.05) is 41.3 Å². The summed E-state index contributed by atoms with van der Waals surface area (Å²) in [5.41, 5.74) is 6.23. The molecule has 0 atom stereocenters. The minimum absolute atomic E-state index is 0. The van der Waals surface area contributed by atoms with Gasteiger partial charge in [0.25, 0.3) is 0 Å². The Kier molecular flexibility index (Phi) is 8.52. The fraction of sp³-hybridized carbons (Fsp3) is 0.0952. The third kappa shape index (κ3) is 6.90. The summed E-state index contributed by atoms with van der Waals surface area (Å²) in [6.07, 6.45) is 3.60. The number of nitrogens with zero attached hydrogens (tertiary/aromatic N) is 2. The fourth-order valence-corrected chi connectivity index (χ4v) is 7.95. The molecule has 0 saturated heterocycles. The summed E-state index contributed by atoms with van der Waals surface area (Å²) >= 11 is 1.69. The van der Waals surface area contributed by atoms with Gasteiger partial charge in [-0.15, -0.1) is 52.9 Å². The minimum atomic E-state index is -2.16. The van der Waals surface area contributed by atoms with Crippen LogP contribution in [0.4, 0.5) is 0 Å². The maximum Gasteiger partial charge on any atom is 0.0795 e. The molecule has 47 heavy (non-hydrogen) atoms. The van der Waals surface area contributed by atoms with Crippen LogP contribution in [0.15, 0.2) is 134 Å². The maximum absolute atomic E-state index is 7.69. The van der Waals surface area contributed by atoms with Crippen molar-refractivity contribution in [1.82, 2.24) is 9.97 Å². The average molecular weight is 822 g/mol. The summed E-state index contributed by atoms with van der Waals surface area (Å²) < 4.78 is 25.3. The van der Waals surface area contributed by atoms with Crippen LogP contribution < -0.4 is 5.19 Å². The van der Waals surface area contributed by atoms with Crippen molar-refractivity contribution < 1.29 is 24.2 Å². The molecule has 5 heteroatoms. The molecule has 0 spiro atoms. The van der Waals surface area contributed by atoms with Crippen molar-refractivity contribution in [3.8, 4) is 33.6 Å². The molecule has 8 rings (SSSR count). The third-order valence-electron chi connectivity index (χ3n) is 8.16. The largest absolute Gasteiger partial charge is 0.305 e. The van der Waals surface area contributed by atoms with Crippen LogP contribution in [-0.2, 0) is 20.1 Å². The Morgan fingerprint density at radius 2 is 1.45 bits per heavy atom. The molecule has 0 unspecified atom stereocenters. The minimum Gasteiger partial charge on any atom is -0.305 e.